The fraction of sp³-hybridized carbons (Fsp3) is 0.250. The van der Waals surface area contributed by atoms with Crippen molar-refractivity contribution in [3.63, 3.8) is 0 Å². The van der Waals surface area contributed by atoms with Crippen molar-refractivity contribution in [2.75, 3.05) is 0 Å². The van der Waals surface area contributed by atoms with E-state index in [-0.39, 0.29) is 0 Å². The Morgan fingerprint density at radius 1 is 1.38 bits per heavy atom. The third kappa shape index (κ3) is 3.70. The number of hydrogen-bond acceptors (Lipinski definition) is 1. The molecular weight excluding hydrogens is 158 g/mol. The summed E-state index contributed by atoms with van der Waals surface area (Å²) in [4.78, 5) is 4.15. The van der Waals surface area contributed by atoms with Gasteiger partial charge in [-0.3, -0.25) is 4.98 Å². The highest BCUT2D eigenvalue weighted by atomic mass is 14.7. The van der Waals surface area contributed by atoms with Gasteiger partial charge in [0.1, 0.15) is 0 Å². The van der Waals surface area contributed by atoms with E-state index in [1.807, 2.05) is 45.1 Å². The van der Waals surface area contributed by atoms with E-state index in [4.69, 9.17) is 0 Å². The molecule has 0 amide bonds. The van der Waals surface area contributed by atoms with Gasteiger partial charge in [-0.2, -0.15) is 0 Å². The van der Waals surface area contributed by atoms with Crippen LogP contribution in [0, 0.1) is 0 Å². The summed E-state index contributed by atoms with van der Waals surface area (Å²) in [5.41, 5.74) is 2.05. The van der Waals surface area contributed by atoms with Crippen LogP contribution in [-0.2, 0) is 0 Å². The highest BCUT2D eigenvalue weighted by molar-refractivity contribution is 5.60. The normalized spacial score (nSPS) is 9.15. The summed E-state index contributed by atoms with van der Waals surface area (Å²) in [5.74, 6) is 0. The summed E-state index contributed by atoms with van der Waals surface area (Å²) in [6.07, 6.45) is 7.54. The van der Waals surface area contributed by atoms with Crippen molar-refractivity contribution in [2.24, 2.45) is 0 Å². The monoisotopic (exact) mass is 175 g/mol. The number of aromatic nitrogens is 1. The van der Waals surface area contributed by atoms with Crippen molar-refractivity contribution in [2.45, 2.75) is 20.8 Å². The molecule has 13 heavy (non-hydrogen) atoms. The van der Waals surface area contributed by atoms with Crippen LogP contribution in [-0.4, -0.2) is 4.98 Å². The van der Waals surface area contributed by atoms with Gasteiger partial charge in [-0.1, -0.05) is 38.6 Å². The van der Waals surface area contributed by atoms with E-state index in [2.05, 4.69) is 11.6 Å². The lowest BCUT2D eigenvalue weighted by Gasteiger charge is -1.96. The Morgan fingerprint density at radius 3 is 2.62 bits per heavy atom. The molecule has 1 nitrogen and oxygen atoms in total. The van der Waals surface area contributed by atoms with E-state index >= 15 is 0 Å². The van der Waals surface area contributed by atoms with E-state index in [9.17, 15) is 0 Å². The van der Waals surface area contributed by atoms with Gasteiger partial charge in [0, 0.05) is 6.20 Å². The quantitative estimate of drug-likeness (QED) is 0.666. The second-order valence-corrected chi connectivity index (χ2v) is 2.18. The molecule has 0 saturated carbocycles. The molecule has 1 rings (SSSR count). The third-order valence-corrected chi connectivity index (χ3v) is 1.41. The second-order valence-electron chi connectivity index (χ2n) is 2.18. The molecule has 0 bridgehead atoms. The molecule has 1 heterocycles. The van der Waals surface area contributed by atoms with Gasteiger partial charge in [0.05, 0.1) is 5.69 Å². The van der Waals surface area contributed by atoms with Gasteiger partial charge in [0.2, 0.25) is 0 Å². The van der Waals surface area contributed by atoms with Crippen LogP contribution in [0.5, 0.6) is 0 Å². The lowest BCUT2D eigenvalue weighted by Crippen LogP contribution is -1.83. The van der Waals surface area contributed by atoms with E-state index in [1.165, 1.54) is 0 Å². The smallest absolute Gasteiger partial charge is 0.0695 e. The number of allylic oxidation sites excluding steroid dienone is 1. The molecule has 0 saturated heterocycles. The summed E-state index contributed by atoms with van der Waals surface area (Å²) in [7, 11) is 0. The Hall–Kier alpha value is -1.37. The van der Waals surface area contributed by atoms with Gasteiger partial charge < -0.3 is 0 Å². The van der Waals surface area contributed by atoms with Crippen molar-refractivity contribution in [3.8, 4) is 0 Å². The molecule has 1 aromatic rings. The molecule has 0 aliphatic carbocycles. The van der Waals surface area contributed by atoms with Gasteiger partial charge in [0.25, 0.3) is 0 Å². The molecule has 0 fully saturated rings. The standard InChI is InChI=1S/C10H11N.C2H6/c1-3-6-9-7-5-8-11-10(9)4-2;1-2/h3-8H,2H2,1H3;1-2H3/b6-3-;. The highest BCUT2D eigenvalue weighted by Crippen LogP contribution is 2.07. The Bertz CT molecular complexity index is 274. The summed E-state index contributed by atoms with van der Waals surface area (Å²) in [5, 5.41) is 0. The van der Waals surface area contributed by atoms with Crippen molar-refractivity contribution in [1.82, 2.24) is 4.98 Å². The molecule has 0 spiro atoms. The van der Waals surface area contributed by atoms with Crippen LogP contribution in [0.3, 0.4) is 0 Å². The van der Waals surface area contributed by atoms with Gasteiger partial charge in [-0.25, -0.2) is 0 Å². The lowest BCUT2D eigenvalue weighted by atomic mass is 10.2. The highest BCUT2D eigenvalue weighted by Gasteiger charge is 1.92. The average molecular weight is 175 g/mol. The maximum atomic E-state index is 4.15. The van der Waals surface area contributed by atoms with Gasteiger partial charge >= 0.3 is 0 Å². The Labute approximate surface area is 80.8 Å². The third-order valence-electron chi connectivity index (χ3n) is 1.41. The molecular formula is C12H17N. The predicted molar refractivity (Wildman–Crippen MR) is 60.4 cm³/mol. The van der Waals surface area contributed by atoms with Crippen LogP contribution in [0.25, 0.3) is 12.2 Å². The van der Waals surface area contributed by atoms with Crippen molar-refractivity contribution in [1.29, 1.82) is 0 Å². The van der Waals surface area contributed by atoms with E-state index in [0.29, 0.717) is 0 Å². The first-order valence-electron chi connectivity index (χ1n) is 4.58. The first-order valence-corrected chi connectivity index (χ1v) is 4.58. The molecule has 0 N–H and O–H groups in total. The lowest BCUT2D eigenvalue weighted by molar-refractivity contribution is 1.28. The zero-order chi connectivity index (χ0) is 10.1. The SMILES string of the molecule is C=Cc1ncccc1/C=C\C.CC. The number of rotatable bonds is 2. The van der Waals surface area contributed by atoms with Crippen LogP contribution in [0.1, 0.15) is 32.0 Å². The minimum atomic E-state index is 0.936. The molecule has 0 aromatic carbocycles. The minimum absolute atomic E-state index is 0.936. The number of nitrogens with zero attached hydrogens (tertiary/aromatic N) is 1. The second kappa shape index (κ2) is 7.29. The van der Waals surface area contributed by atoms with E-state index < -0.39 is 0 Å². The largest absolute Gasteiger partial charge is 0.256 e. The zero-order valence-electron chi connectivity index (χ0n) is 8.62. The van der Waals surface area contributed by atoms with Crippen molar-refractivity contribution in [3.05, 3.63) is 42.2 Å². The van der Waals surface area contributed by atoms with E-state index in [1.54, 1.807) is 12.3 Å². The molecule has 1 heteroatoms. The first kappa shape index (κ1) is 11.6. The van der Waals surface area contributed by atoms with Gasteiger partial charge in [-0.05, 0) is 24.6 Å². The zero-order valence-corrected chi connectivity index (χ0v) is 8.62. The van der Waals surface area contributed by atoms with Crippen molar-refractivity contribution >= 4 is 12.2 Å². The summed E-state index contributed by atoms with van der Waals surface area (Å²) >= 11 is 0. The number of hydrogen-bond donors (Lipinski definition) is 0. The first-order chi connectivity index (χ1) is 6.38. The Balaban J connectivity index is 0.000000671. The van der Waals surface area contributed by atoms with Gasteiger partial charge in [0.15, 0.2) is 0 Å². The van der Waals surface area contributed by atoms with Crippen LogP contribution >= 0.6 is 0 Å². The fourth-order valence-corrected chi connectivity index (χ4v) is 0.921. The maximum absolute atomic E-state index is 4.15. The van der Waals surface area contributed by atoms with Crippen LogP contribution in [0.2, 0.25) is 0 Å². The predicted octanol–water partition coefficient (Wildman–Crippen LogP) is 3.78. The molecule has 0 unspecified atom stereocenters. The van der Waals surface area contributed by atoms with Crippen molar-refractivity contribution < 1.29 is 0 Å². The van der Waals surface area contributed by atoms with Crippen LogP contribution < -0.4 is 0 Å². The molecule has 0 atom stereocenters. The minimum Gasteiger partial charge on any atom is -0.256 e. The number of pyridine rings is 1. The van der Waals surface area contributed by atoms with Crippen LogP contribution in [0.4, 0.5) is 0 Å². The maximum Gasteiger partial charge on any atom is 0.0695 e. The van der Waals surface area contributed by atoms with Crippen LogP contribution in [0.15, 0.2) is 31.0 Å². The Kier molecular flexibility index (Phi) is 6.52. The fourth-order valence-electron chi connectivity index (χ4n) is 0.921. The Morgan fingerprint density at radius 2 is 2.08 bits per heavy atom. The molecule has 1 aromatic heterocycles. The summed E-state index contributed by atoms with van der Waals surface area (Å²) < 4.78 is 0. The average Bonchev–Trinajstić information content (AvgIpc) is 2.22. The molecule has 0 aliphatic rings. The van der Waals surface area contributed by atoms with E-state index in [0.717, 1.165) is 11.3 Å². The van der Waals surface area contributed by atoms with Gasteiger partial charge in [-0.15, -0.1) is 0 Å². The summed E-state index contributed by atoms with van der Waals surface area (Å²) in [6.45, 7) is 9.66. The molecule has 0 radical (unpaired) electrons. The topological polar surface area (TPSA) is 12.9 Å². The summed E-state index contributed by atoms with van der Waals surface area (Å²) in [6, 6.07) is 3.94. The molecule has 0 aliphatic heterocycles. The molecule has 70 valence electrons.